The third-order valence-electron chi connectivity index (χ3n) is 3.96. The Bertz CT molecular complexity index is 584. The standard InChI is InChI=1S/C17H22N4O2/c1-2-19-17(23)21-11-9-20(10-12-21)16(22)8-7-14-3-5-15(13-18)6-4-14/h3-6H,2,7-12H2,1H3,(H,19,23). The van der Waals surface area contributed by atoms with Gasteiger partial charge in [-0.3, -0.25) is 4.79 Å². The van der Waals surface area contributed by atoms with Crippen LogP contribution in [0.5, 0.6) is 0 Å². The van der Waals surface area contributed by atoms with Crippen LogP contribution in [-0.4, -0.2) is 54.5 Å². The summed E-state index contributed by atoms with van der Waals surface area (Å²) in [7, 11) is 0. The van der Waals surface area contributed by atoms with E-state index in [1.165, 1.54) is 0 Å². The minimum atomic E-state index is -0.0582. The van der Waals surface area contributed by atoms with Crippen molar-refractivity contribution in [3.05, 3.63) is 35.4 Å². The maximum absolute atomic E-state index is 12.3. The molecule has 0 spiro atoms. The first kappa shape index (κ1) is 16.8. The molecule has 0 radical (unpaired) electrons. The van der Waals surface area contributed by atoms with Crippen molar-refractivity contribution in [1.29, 1.82) is 5.26 Å². The second-order valence-corrected chi connectivity index (χ2v) is 5.51. The maximum atomic E-state index is 12.3. The van der Waals surface area contributed by atoms with E-state index in [4.69, 9.17) is 5.26 Å². The largest absolute Gasteiger partial charge is 0.339 e. The van der Waals surface area contributed by atoms with E-state index in [9.17, 15) is 9.59 Å². The summed E-state index contributed by atoms with van der Waals surface area (Å²) in [6, 6.07) is 9.34. The van der Waals surface area contributed by atoms with E-state index in [1.54, 1.807) is 17.0 Å². The van der Waals surface area contributed by atoms with E-state index in [1.807, 2.05) is 24.0 Å². The molecule has 122 valence electrons. The van der Waals surface area contributed by atoms with Gasteiger partial charge in [-0.15, -0.1) is 0 Å². The van der Waals surface area contributed by atoms with E-state index in [2.05, 4.69) is 11.4 Å². The van der Waals surface area contributed by atoms with Crippen LogP contribution in [0.3, 0.4) is 0 Å². The predicted octanol–water partition coefficient (Wildman–Crippen LogP) is 1.36. The van der Waals surface area contributed by atoms with Crippen LogP contribution in [-0.2, 0) is 11.2 Å². The molecule has 0 aromatic heterocycles. The number of hydrogen-bond acceptors (Lipinski definition) is 3. The molecule has 23 heavy (non-hydrogen) atoms. The van der Waals surface area contributed by atoms with Gasteiger partial charge in [0.1, 0.15) is 0 Å². The second-order valence-electron chi connectivity index (χ2n) is 5.51. The van der Waals surface area contributed by atoms with Gasteiger partial charge in [0.15, 0.2) is 0 Å². The third-order valence-corrected chi connectivity index (χ3v) is 3.96. The van der Waals surface area contributed by atoms with Gasteiger partial charge in [0.25, 0.3) is 0 Å². The van der Waals surface area contributed by atoms with Gasteiger partial charge < -0.3 is 15.1 Å². The zero-order valence-electron chi connectivity index (χ0n) is 13.4. The summed E-state index contributed by atoms with van der Waals surface area (Å²) in [6.07, 6.45) is 1.12. The molecule has 0 aliphatic carbocycles. The minimum absolute atomic E-state index is 0.0582. The fourth-order valence-corrected chi connectivity index (χ4v) is 2.58. The molecule has 1 aliphatic heterocycles. The van der Waals surface area contributed by atoms with Crippen molar-refractivity contribution in [2.24, 2.45) is 0 Å². The zero-order chi connectivity index (χ0) is 16.7. The van der Waals surface area contributed by atoms with Crippen LogP contribution < -0.4 is 5.32 Å². The summed E-state index contributed by atoms with van der Waals surface area (Å²) in [5.74, 6) is 0.116. The number of urea groups is 1. The van der Waals surface area contributed by atoms with Gasteiger partial charge in [0.2, 0.25) is 5.91 Å². The van der Waals surface area contributed by atoms with Crippen LogP contribution in [0.15, 0.2) is 24.3 Å². The summed E-state index contributed by atoms with van der Waals surface area (Å²) in [4.78, 5) is 27.5. The van der Waals surface area contributed by atoms with Crippen LogP contribution in [0.2, 0.25) is 0 Å². The molecular weight excluding hydrogens is 292 g/mol. The quantitative estimate of drug-likeness (QED) is 0.912. The lowest BCUT2D eigenvalue weighted by Crippen LogP contribution is -2.53. The molecule has 6 nitrogen and oxygen atoms in total. The molecular formula is C17H22N4O2. The highest BCUT2D eigenvalue weighted by Crippen LogP contribution is 2.09. The molecule has 1 aromatic carbocycles. The Balaban J connectivity index is 1.76. The van der Waals surface area contributed by atoms with E-state index >= 15 is 0 Å². The van der Waals surface area contributed by atoms with Crippen molar-refractivity contribution in [2.45, 2.75) is 19.8 Å². The number of carbonyl (C=O) groups excluding carboxylic acids is 2. The number of nitriles is 1. The van der Waals surface area contributed by atoms with Crippen molar-refractivity contribution in [3.63, 3.8) is 0 Å². The highest BCUT2D eigenvalue weighted by Gasteiger charge is 2.23. The Hall–Kier alpha value is -2.55. The predicted molar refractivity (Wildman–Crippen MR) is 86.7 cm³/mol. The monoisotopic (exact) mass is 314 g/mol. The van der Waals surface area contributed by atoms with Crippen LogP contribution in [0.1, 0.15) is 24.5 Å². The van der Waals surface area contributed by atoms with Crippen molar-refractivity contribution >= 4 is 11.9 Å². The fraction of sp³-hybridized carbons (Fsp3) is 0.471. The zero-order valence-corrected chi connectivity index (χ0v) is 13.4. The maximum Gasteiger partial charge on any atom is 0.317 e. The van der Waals surface area contributed by atoms with Gasteiger partial charge in [-0.1, -0.05) is 12.1 Å². The molecule has 0 saturated carbocycles. The van der Waals surface area contributed by atoms with Crippen molar-refractivity contribution in [1.82, 2.24) is 15.1 Å². The van der Waals surface area contributed by atoms with Crippen LogP contribution in [0, 0.1) is 11.3 Å². The van der Waals surface area contributed by atoms with Gasteiger partial charge >= 0.3 is 6.03 Å². The fourth-order valence-electron chi connectivity index (χ4n) is 2.58. The molecule has 1 aliphatic rings. The second kappa shape index (κ2) is 8.18. The van der Waals surface area contributed by atoms with E-state index in [0.717, 1.165) is 5.56 Å². The Labute approximate surface area is 136 Å². The van der Waals surface area contributed by atoms with Gasteiger partial charge in [0.05, 0.1) is 11.6 Å². The molecule has 1 heterocycles. The number of benzene rings is 1. The molecule has 2 rings (SSSR count). The Morgan fingerprint density at radius 1 is 1.13 bits per heavy atom. The van der Waals surface area contributed by atoms with E-state index in [0.29, 0.717) is 51.1 Å². The highest BCUT2D eigenvalue weighted by molar-refractivity contribution is 5.78. The first-order valence-corrected chi connectivity index (χ1v) is 7.93. The SMILES string of the molecule is CCNC(=O)N1CCN(C(=O)CCc2ccc(C#N)cc2)CC1. The van der Waals surface area contributed by atoms with Crippen LogP contribution in [0.4, 0.5) is 4.79 Å². The molecule has 3 amide bonds. The number of nitrogens with one attached hydrogen (secondary N) is 1. The topological polar surface area (TPSA) is 76.4 Å². The smallest absolute Gasteiger partial charge is 0.317 e. The Kier molecular flexibility index (Phi) is 5.98. The molecule has 1 fully saturated rings. The first-order valence-electron chi connectivity index (χ1n) is 7.93. The van der Waals surface area contributed by atoms with Gasteiger partial charge in [0, 0.05) is 39.1 Å². The number of amides is 3. The minimum Gasteiger partial charge on any atom is -0.339 e. The molecule has 6 heteroatoms. The summed E-state index contributed by atoms with van der Waals surface area (Å²) in [6.45, 7) is 4.83. The van der Waals surface area contributed by atoms with E-state index in [-0.39, 0.29) is 11.9 Å². The lowest BCUT2D eigenvalue weighted by Gasteiger charge is -2.34. The Morgan fingerprint density at radius 3 is 2.30 bits per heavy atom. The summed E-state index contributed by atoms with van der Waals surface area (Å²) >= 11 is 0. The van der Waals surface area contributed by atoms with Crippen molar-refractivity contribution in [3.8, 4) is 6.07 Å². The number of rotatable bonds is 4. The van der Waals surface area contributed by atoms with Gasteiger partial charge in [-0.25, -0.2) is 4.79 Å². The first-order chi connectivity index (χ1) is 11.1. The van der Waals surface area contributed by atoms with Crippen molar-refractivity contribution < 1.29 is 9.59 Å². The lowest BCUT2D eigenvalue weighted by molar-refractivity contribution is -0.132. The van der Waals surface area contributed by atoms with Gasteiger partial charge in [-0.2, -0.15) is 5.26 Å². The third kappa shape index (κ3) is 4.71. The molecule has 0 bridgehead atoms. The molecule has 1 N–H and O–H groups in total. The van der Waals surface area contributed by atoms with Crippen LogP contribution >= 0.6 is 0 Å². The highest BCUT2D eigenvalue weighted by atomic mass is 16.2. The normalized spacial score (nSPS) is 14.3. The number of piperazine rings is 1. The lowest BCUT2D eigenvalue weighted by atomic mass is 10.1. The summed E-state index contributed by atoms with van der Waals surface area (Å²) in [5.41, 5.74) is 1.68. The summed E-state index contributed by atoms with van der Waals surface area (Å²) < 4.78 is 0. The average Bonchev–Trinajstić information content (AvgIpc) is 2.60. The average molecular weight is 314 g/mol. The molecule has 0 unspecified atom stereocenters. The molecule has 1 saturated heterocycles. The number of nitrogens with zero attached hydrogens (tertiary/aromatic N) is 3. The summed E-state index contributed by atoms with van der Waals surface area (Å²) in [5, 5.41) is 11.5. The van der Waals surface area contributed by atoms with Gasteiger partial charge in [-0.05, 0) is 31.0 Å². The number of aryl methyl sites for hydroxylation is 1. The Morgan fingerprint density at radius 2 is 1.74 bits per heavy atom. The number of hydrogen-bond donors (Lipinski definition) is 1. The van der Waals surface area contributed by atoms with Crippen LogP contribution in [0.25, 0.3) is 0 Å². The van der Waals surface area contributed by atoms with Crippen molar-refractivity contribution in [2.75, 3.05) is 32.7 Å². The number of carbonyl (C=O) groups is 2. The van der Waals surface area contributed by atoms with E-state index < -0.39 is 0 Å². The molecule has 0 atom stereocenters. The molecule has 1 aromatic rings.